The van der Waals surface area contributed by atoms with Gasteiger partial charge in [0.15, 0.2) is 0 Å². The molecule has 0 aromatic rings. The van der Waals surface area contributed by atoms with Crippen molar-refractivity contribution in [2.75, 3.05) is 0 Å². The Morgan fingerprint density at radius 1 is 1.45 bits per heavy atom. The lowest BCUT2D eigenvalue weighted by atomic mass is 10.1. The van der Waals surface area contributed by atoms with E-state index >= 15 is 0 Å². The van der Waals surface area contributed by atoms with Crippen LogP contribution in [0.3, 0.4) is 0 Å². The first kappa shape index (κ1) is 8.31. The first-order chi connectivity index (χ1) is 5.43. The van der Waals surface area contributed by atoms with Gasteiger partial charge in [0, 0.05) is 6.21 Å². The summed E-state index contributed by atoms with van der Waals surface area (Å²) in [5.74, 6) is 0. The van der Waals surface area contributed by atoms with E-state index in [4.69, 9.17) is 4.74 Å². The number of nitrogens with zero attached hydrogens (tertiary/aromatic N) is 1. The van der Waals surface area contributed by atoms with E-state index in [1.165, 1.54) is 19.3 Å². The van der Waals surface area contributed by atoms with Crippen LogP contribution in [0.5, 0.6) is 0 Å². The molecule has 2 nitrogen and oxygen atoms in total. The lowest BCUT2D eigenvalue weighted by molar-refractivity contribution is 0.190. The summed E-state index contributed by atoms with van der Waals surface area (Å²) >= 11 is 0. The molecule has 1 aliphatic heterocycles. The van der Waals surface area contributed by atoms with Crippen LogP contribution < -0.4 is 0 Å². The van der Waals surface area contributed by atoms with Crippen molar-refractivity contribution in [3.8, 4) is 0 Å². The Morgan fingerprint density at radius 3 is 3.00 bits per heavy atom. The van der Waals surface area contributed by atoms with Crippen molar-refractivity contribution in [1.82, 2.24) is 0 Å². The van der Waals surface area contributed by atoms with Crippen molar-refractivity contribution in [3.63, 3.8) is 0 Å². The largest absolute Gasteiger partial charge is 0.491 e. The normalized spacial score (nSPS) is 21.7. The van der Waals surface area contributed by atoms with Crippen LogP contribution in [-0.2, 0) is 4.74 Å². The molecule has 1 unspecified atom stereocenters. The van der Waals surface area contributed by atoms with Crippen LogP contribution in [0.25, 0.3) is 0 Å². The Labute approximate surface area is 68.0 Å². The van der Waals surface area contributed by atoms with Gasteiger partial charge in [-0.3, -0.25) is 4.99 Å². The van der Waals surface area contributed by atoms with Crippen molar-refractivity contribution in [3.05, 3.63) is 12.5 Å². The highest BCUT2D eigenvalue weighted by atomic mass is 16.5. The van der Waals surface area contributed by atoms with Gasteiger partial charge in [-0.1, -0.05) is 19.8 Å². The van der Waals surface area contributed by atoms with E-state index in [2.05, 4.69) is 11.9 Å². The van der Waals surface area contributed by atoms with Gasteiger partial charge in [-0.2, -0.15) is 0 Å². The van der Waals surface area contributed by atoms with Crippen molar-refractivity contribution >= 4 is 6.21 Å². The third-order valence-electron chi connectivity index (χ3n) is 1.74. The lowest BCUT2D eigenvalue weighted by Gasteiger charge is -2.12. The highest BCUT2D eigenvalue weighted by Crippen LogP contribution is 2.07. The average Bonchev–Trinajstić information content (AvgIpc) is 2.07. The fourth-order valence-corrected chi connectivity index (χ4v) is 1.09. The third-order valence-corrected chi connectivity index (χ3v) is 1.74. The molecular weight excluding hydrogens is 138 g/mol. The summed E-state index contributed by atoms with van der Waals surface area (Å²) < 4.78 is 5.29. The van der Waals surface area contributed by atoms with E-state index in [1.54, 1.807) is 12.5 Å². The summed E-state index contributed by atoms with van der Waals surface area (Å²) in [5.41, 5.74) is 0. The van der Waals surface area contributed by atoms with Crippen molar-refractivity contribution in [2.24, 2.45) is 4.99 Å². The van der Waals surface area contributed by atoms with Crippen molar-refractivity contribution < 1.29 is 4.74 Å². The van der Waals surface area contributed by atoms with Gasteiger partial charge < -0.3 is 4.74 Å². The minimum atomic E-state index is 0.228. The van der Waals surface area contributed by atoms with Crippen LogP contribution in [0, 0.1) is 0 Å². The summed E-state index contributed by atoms with van der Waals surface area (Å²) in [5, 5.41) is 0. The molecule has 11 heavy (non-hydrogen) atoms. The molecule has 0 saturated heterocycles. The third kappa shape index (κ3) is 3.21. The van der Waals surface area contributed by atoms with E-state index in [0.717, 1.165) is 6.42 Å². The van der Waals surface area contributed by atoms with Crippen LogP contribution in [0.4, 0.5) is 0 Å². The fraction of sp³-hybridized carbons (Fsp3) is 0.667. The summed E-state index contributed by atoms with van der Waals surface area (Å²) in [4.78, 5) is 4.01. The number of ether oxygens (including phenoxy) is 1. The first-order valence-corrected chi connectivity index (χ1v) is 4.27. The van der Waals surface area contributed by atoms with Crippen LogP contribution in [-0.4, -0.2) is 12.3 Å². The molecule has 1 heterocycles. The molecular formula is C9H15NO. The zero-order valence-electron chi connectivity index (χ0n) is 6.99. The molecule has 0 radical (unpaired) electrons. The molecule has 0 aromatic carbocycles. The molecule has 0 bridgehead atoms. The van der Waals surface area contributed by atoms with E-state index in [0.29, 0.717) is 0 Å². The molecule has 62 valence electrons. The van der Waals surface area contributed by atoms with Crippen LogP contribution in [0.1, 0.15) is 32.6 Å². The minimum absolute atomic E-state index is 0.228. The van der Waals surface area contributed by atoms with Gasteiger partial charge in [0.2, 0.25) is 0 Å². The van der Waals surface area contributed by atoms with E-state index in [-0.39, 0.29) is 6.10 Å². The summed E-state index contributed by atoms with van der Waals surface area (Å²) in [6.07, 6.45) is 10.3. The molecule has 1 rings (SSSR count). The lowest BCUT2D eigenvalue weighted by Crippen LogP contribution is -2.13. The van der Waals surface area contributed by atoms with Gasteiger partial charge >= 0.3 is 0 Å². The van der Waals surface area contributed by atoms with Crippen LogP contribution in [0.15, 0.2) is 17.5 Å². The highest BCUT2D eigenvalue weighted by molar-refractivity contribution is 5.64. The Balaban J connectivity index is 2.07. The van der Waals surface area contributed by atoms with Gasteiger partial charge in [0.1, 0.15) is 12.4 Å². The zero-order valence-corrected chi connectivity index (χ0v) is 6.99. The van der Waals surface area contributed by atoms with Gasteiger partial charge in [-0.05, 0) is 12.8 Å². The van der Waals surface area contributed by atoms with Crippen LogP contribution in [0.2, 0.25) is 0 Å². The number of hydrogen-bond acceptors (Lipinski definition) is 2. The molecule has 0 saturated carbocycles. The molecule has 0 fully saturated rings. The second-order valence-electron chi connectivity index (χ2n) is 2.75. The second-order valence-corrected chi connectivity index (χ2v) is 2.75. The summed E-state index contributed by atoms with van der Waals surface area (Å²) in [6.45, 7) is 2.20. The maximum absolute atomic E-state index is 5.29. The highest BCUT2D eigenvalue weighted by Gasteiger charge is 2.05. The van der Waals surface area contributed by atoms with E-state index in [1.807, 2.05) is 6.21 Å². The molecule has 0 aliphatic carbocycles. The van der Waals surface area contributed by atoms with E-state index in [9.17, 15) is 0 Å². The Hall–Kier alpha value is -0.790. The SMILES string of the molecule is CCCCCC1C=NC=CO1. The van der Waals surface area contributed by atoms with Crippen LogP contribution >= 0.6 is 0 Å². The predicted octanol–water partition coefficient (Wildman–Crippen LogP) is 2.51. The van der Waals surface area contributed by atoms with Crippen molar-refractivity contribution in [2.45, 2.75) is 38.7 Å². The molecule has 0 aromatic heterocycles. The van der Waals surface area contributed by atoms with Gasteiger partial charge in [0.25, 0.3) is 0 Å². The Bertz CT molecular complexity index is 152. The number of aliphatic imine (C=N–C) groups is 1. The molecule has 0 spiro atoms. The average molecular weight is 153 g/mol. The predicted molar refractivity (Wildman–Crippen MR) is 46.6 cm³/mol. The smallest absolute Gasteiger partial charge is 0.133 e. The second kappa shape index (κ2) is 4.94. The molecule has 2 heteroatoms. The molecule has 1 aliphatic rings. The maximum atomic E-state index is 5.29. The molecule has 0 amide bonds. The topological polar surface area (TPSA) is 21.6 Å². The van der Waals surface area contributed by atoms with E-state index < -0.39 is 0 Å². The minimum Gasteiger partial charge on any atom is -0.491 e. The monoisotopic (exact) mass is 153 g/mol. The zero-order chi connectivity index (χ0) is 7.94. The van der Waals surface area contributed by atoms with Gasteiger partial charge in [-0.15, -0.1) is 0 Å². The maximum Gasteiger partial charge on any atom is 0.133 e. The summed E-state index contributed by atoms with van der Waals surface area (Å²) in [7, 11) is 0. The van der Waals surface area contributed by atoms with Gasteiger partial charge in [-0.25, -0.2) is 0 Å². The quantitative estimate of drug-likeness (QED) is 0.569. The molecule has 1 atom stereocenters. The fourth-order valence-electron chi connectivity index (χ4n) is 1.09. The Kier molecular flexibility index (Phi) is 3.73. The number of unbranched alkanes of at least 4 members (excludes halogenated alkanes) is 2. The summed E-state index contributed by atoms with van der Waals surface area (Å²) in [6, 6.07) is 0. The number of hydrogen-bond donors (Lipinski definition) is 0. The molecule has 0 N–H and O–H groups in total. The van der Waals surface area contributed by atoms with Gasteiger partial charge in [0.05, 0.1) is 6.20 Å². The first-order valence-electron chi connectivity index (χ1n) is 4.27. The Morgan fingerprint density at radius 2 is 2.36 bits per heavy atom. The van der Waals surface area contributed by atoms with Crippen molar-refractivity contribution in [1.29, 1.82) is 0 Å². The number of rotatable bonds is 4. The standard InChI is InChI=1S/C9H15NO/c1-2-3-4-5-9-8-10-6-7-11-9/h6-9H,2-5H2,1H3.